The number of likely N-dealkylation sites (tertiary alicyclic amines) is 1. The van der Waals surface area contributed by atoms with Crippen LogP contribution in [0.5, 0.6) is 0 Å². The number of aromatic nitrogens is 2. The molecule has 0 saturated carbocycles. The molecule has 2 amide bonds. The van der Waals surface area contributed by atoms with Crippen LogP contribution in [0.15, 0.2) is 42.0 Å². The molecule has 2 aromatic heterocycles. The van der Waals surface area contributed by atoms with Crippen molar-refractivity contribution in [3.63, 3.8) is 0 Å². The molecular weight excluding hydrogens is 360 g/mol. The second kappa shape index (κ2) is 6.50. The van der Waals surface area contributed by atoms with Gasteiger partial charge in [-0.1, -0.05) is 29.8 Å². The first kappa shape index (κ1) is 16.1. The highest BCUT2D eigenvalue weighted by atomic mass is 35.5. The molecule has 1 atom stereocenters. The molecule has 0 radical (unpaired) electrons. The standard InChI is InChI=1S/C17H15ClN4O2S/c18-13-4-2-1-3-11(13)8-22-9-12(7-15(22)23)19-16(24)14-10-21-5-6-25-17(21)20-14/h1-6,10,12H,7-9H2,(H,19,24)/t12-/m1/s1. The van der Waals surface area contributed by atoms with Crippen molar-refractivity contribution in [2.45, 2.75) is 19.0 Å². The van der Waals surface area contributed by atoms with Crippen LogP contribution in [0.25, 0.3) is 4.96 Å². The lowest BCUT2D eigenvalue weighted by atomic mass is 10.2. The number of fused-ring (bicyclic) bond motifs is 1. The molecule has 6 nitrogen and oxygen atoms in total. The molecule has 3 heterocycles. The third kappa shape index (κ3) is 3.25. The maximum absolute atomic E-state index is 12.4. The van der Waals surface area contributed by atoms with Gasteiger partial charge in [0.1, 0.15) is 5.69 Å². The number of carbonyl (C=O) groups excluding carboxylic acids is 2. The third-order valence-electron chi connectivity index (χ3n) is 4.19. The van der Waals surface area contributed by atoms with Gasteiger partial charge in [-0.25, -0.2) is 4.98 Å². The Bertz CT molecular complexity index is 922. The van der Waals surface area contributed by atoms with E-state index in [0.29, 0.717) is 30.2 Å². The number of nitrogens with zero attached hydrogens (tertiary/aromatic N) is 3. The Morgan fingerprint density at radius 3 is 3.04 bits per heavy atom. The van der Waals surface area contributed by atoms with Gasteiger partial charge in [-0.15, -0.1) is 11.3 Å². The number of hydrogen-bond donors (Lipinski definition) is 1. The maximum Gasteiger partial charge on any atom is 0.271 e. The summed E-state index contributed by atoms with van der Waals surface area (Å²) in [6.45, 7) is 0.920. The molecule has 0 spiro atoms. The SMILES string of the molecule is O=C(N[C@@H]1CC(=O)N(Cc2ccccc2Cl)C1)c1cn2ccsc2n1. The largest absolute Gasteiger partial charge is 0.346 e. The Morgan fingerprint density at radius 1 is 1.40 bits per heavy atom. The molecule has 0 bridgehead atoms. The average Bonchev–Trinajstić information content (AvgIpc) is 3.25. The van der Waals surface area contributed by atoms with Crippen molar-refractivity contribution in [2.24, 2.45) is 0 Å². The Labute approximate surface area is 153 Å². The lowest BCUT2D eigenvalue weighted by Crippen LogP contribution is -2.37. The number of thiazole rings is 1. The van der Waals surface area contributed by atoms with E-state index in [1.807, 2.05) is 34.2 Å². The number of carbonyl (C=O) groups is 2. The van der Waals surface area contributed by atoms with Gasteiger partial charge in [0.25, 0.3) is 5.91 Å². The smallest absolute Gasteiger partial charge is 0.271 e. The summed E-state index contributed by atoms with van der Waals surface area (Å²) in [4.78, 5) is 31.4. The van der Waals surface area contributed by atoms with Crippen LogP contribution in [0.2, 0.25) is 5.02 Å². The van der Waals surface area contributed by atoms with Gasteiger partial charge in [0.2, 0.25) is 5.91 Å². The van der Waals surface area contributed by atoms with Crippen molar-refractivity contribution in [2.75, 3.05) is 6.54 Å². The van der Waals surface area contributed by atoms with Crippen molar-refractivity contribution >= 4 is 39.7 Å². The summed E-state index contributed by atoms with van der Waals surface area (Å²) < 4.78 is 1.81. The number of halogens is 1. The van der Waals surface area contributed by atoms with Gasteiger partial charge in [0, 0.05) is 42.3 Å². The predicted octanol–water partition coefficient (Wildman–Crippen LogP) is 2.58. The molecule has 128 valence electrons. The molecule has 1 fully saturated rings. The van der Waals surface area contributed by atoms with Crippen molar-refractivity contribution in [3.05, 3.63) is 58.3 Å². The topological polar surface area (TPSA) is 66.7 Å². The number of hydrogen-bond acceptors (Lipinski definition) is 4. The summed E-state index contributed by atoms with van der Waals surface area (Å²) in [7, 11) is 0. The predicted molar refractivity (Wildman–Crippen MR) is 95.8 cm³/mol. The third-order valence-corrected chi connectivity index (χ3v) is 5.33. The van der Waals surface area contributed by atoms with E-state index in [9.17, 15) is 9.59 Å². The van der Waals surface area contributed by atoms with E-state index >= 15 is 0 Å². The van der Waals surface area contributed by atoms with Gasteiger partial charge < -0.3 is 10.2 Å². The molecule has 1 saturated heterocycles. The van der Waals surface area contributed by atoms with Crippen LogP contribution < -0.4 is 5.32 Å². The van der Waals surface area contributed by atoms with Gasteiger partial charge in [0.05, 0.1) is 6.04 Å². The fourth-order valence-corrected chi connectivity index (χ4v) is 3.85. The summed E-state index contributed by atoms with van der Waals surface area (Å²) >= 11 is 7.63. The van der Waals surface area contributed by atoms with E-state index < -0.39 is 0 Å². The van der Waals surface area contributed by atoms with E-state index in [-0.39, 0.29) is 17.9 Å². The number of benzene rings is 1. The molecule has 0 unspecified atom stereocenters. The summed E-state index contributed by atoms with van der Waals surface area (Å²) in [6, 6.07) is 7.24. The molecule has 1 aromatic carbocycles. The first-order valence-electron chi connectivity index (χ1n) is 7.84. The minimum atomic E-state index is -0.256. The number of rotatable bonds is 4. The fourth-order valence-electron chi connectivity index (χ4n) is 2.95. The van der Waals surface area contributed by atoms with E-state index in [0.717, 1.165) is 10.5 Å². The van der Waals surface area contributed by atoms with Crippen LogP contribution >= 0.6 is 22.9 Å². The molecule has 3 aromatic rings. The summed E-state index contributed by atoms with van der Waals surface area (Å²) in [5, 5.41) is 5.45. The summed E-state index contributed by atoms with van der Waals surface area (Å²) in [6.07, 6.45) is 3.84. The highest BCUT2D eigenvalue weighted by Crippen LogP contribution is 2.21. The van der Waals surface area contributed by atoms with Gasteiger partial charge in [0.15, 0.2) is 4.96 Å². The zero-order chi connectivity index (χ0) is 17.4. The van der Waals surface area contributed by atoms with Crippen molar-refractivity contribution < 1.29 is 9.59 Å². The van der Waals surface area contributed by atoms with Gasteiger partial charge in [-0.2, -0.15) is 0 Å². The highest BCUT2D eigenvalue weighted by Gasteiger charge is 2.31. The molecule has 0 aliphatic carbocycles. The monoisotopic (exact) mass is 374 g/mol. The Hall–Kier alpha value is -2.38. The minimum absolute atomic E-state index is 0.0102. The van der Waals surface area contributed by atoms with Crippen LogP contribution in [0.1, 0.15) is 22.5 Å². The van der Waals surface area contributed by atoms with Crippen LogP contribution in [0.4, 0.5) is 0 Å². The van der Waals surface area contributed by atoms with Crippen LogP contribution in [0, 0.1) is 0 Å². The van der Waals surface area contributed by atoms with Crippen molar-refractivity contribution in [3.8, 4) is 0 Å². The summed E-state index contributed by atoms with van der Waals surface area (Å²) in [5.74, 6) is -0.246. The molecule has 8 heteroatoms. The molecular formula is C17H15ClN4O2S. The number of imidazole rings is 1. The van der Waals surface area contributed by atoms with Crippen molar-refractivity contribution in [1.82, 2.24) is 19.6 Å². The van der Waals surface area contributed by atoms with Crippen LogP contribution in [0.3, 0.4) is 0 Å². The molecule has 25 heavy (non-hydrogen) atoms. The lowest BCUT2D eigenvalue weighted by Gasteiger charge is -2.17. The Kier molecular flexibility index (Phi) is 4.19. The van der Waals surface area contributed by atoms with E-state index in [1.165, 1.54) is 11.3 Å². The molecule has 1 aliphatic heterocycles. The average molecular weight is 375 g/mol. The molecule has 4 rings (SSSR count). The van der Waals surface area contributed by atoms with Gasteiger partial charge >= 0.3 is 0 Å². The van der Waals surface area contributed by atoms with Gasteiger partial charge in [-0.05, 0) is 11.6 Å². The van der Waals surface area contributed by atoms with E-state index in [4.69, 9.17) is 11.6 Å². The van der Waals surface area contributed by atoms with Gasteiger partial charge in [-0.3, -0.25) is 14.0 Å². The second-order valence-electron chi connectivity index (χ2n) is 5.96. The zero-order valence-corrected chi connectivity index (χ0v) is 14.8. The van der Waals surface area contributed by atoms with Crippen LogP contribution in [-0.2, 0) is 11.3 Å². The van der Waals surface area contributed by atoms with Crippen LogP contribution in [-0.4, -0.2) is 38.7 Å². The number of nitrogens with one attached hydrogen (secondary N) is 1. The first-order valence-corrected chi connectivity index (χ1v) is 9.10. The zero-order valence-electron chi connectivity index (χ0n) is 13.2. The Morgan fingerprint density at radius 2 is 2.24 bits per heavy atom. The Balaban J connectivity index is 1.41. The lowest BCUT2D eigenvalue weighted by molar-refractivity contribution is -0.128. The molecule has 1 N–H and O–H groups in total. The molecule has 1 aliphatic rings. The minimum Gasteiger partial charge on any atom is -0.346 e. The maximum atomic E-state index is 12.4. The highest BCUT2D eigenvalue weighted by molar-refractivity contribution is 7.15. The van der Waals surface area contributed by atoms with E-state index in [1.54, 1.807) is 17.2 Å². The summed E-state index contributed by atoms with van der Waals surface area (Å²) in [5.41, 5.74) is 1.27. The number of amides is 2. The normalized spacial score (nSPS) is 17.4. The quantitative estimate of drug-likeness (QED) is 0.763. The van der Waals surface area contributed by atoms with Crippen molar-refractivity contribution in [1.29, 1.82) is 0 Å². The second-order valence-corrected chi connectivity index (χ2v) is 7.24. The fraction of sp³-hybridized carbons (Fsp3) is 0.235. The van der Waals surface area contributed by atoms with E-state index in [2.05, 4.69) is 10.3 Å². The first-order chi connectivity index (χ1) is 12.1.